The van der Waals surface area contributed by atoms with E-state index in [9.17, 15) is 25.9 Å². The third-order valence-electron chi connectivity index (χ3n) is 12.2. The van der Waals surface area contributed by atoms with E-state index in [1.165, 1.54) is 34.4 Å². The van der Waals surface area contributed by atoms with Crippen molar-refractivity contribution in [2.75, 3.05) is 32.7 Å². The van der Waals surface area contributed by atoms with Crippen LogP contribution in [-0.4, -0.2) is 39.0 Å². The van der Waals surface area contributed by atoms with Gasteiger partial charge < -0.3 is 28.7 Å². The van der Waals surface area contributed by atoms with Gasteiger partial charge in [-0.1, -0.05) is 177 Å². The zero-order valence-electron chi connectivity index (χ0n) is 39.4. The van der Waals surface area contributed by atoms with Crippen LogP contribution >= 0.6 is 0 Å². The number of hydrogen-bond acceptors (Lipinski definition) is 10. The number of para-hydroxylation sites is 4. The quantitative estimate of drug-likeness (QED) is 0.0863. The Labute approximate surface area is 436 Å². The molecule has 2 aliphatic heterocycles. The number of rotatable bonds is 12. The zero-order chi connectivity index (χ0) is 47.5. The van der Waals surface area contributed by atoms with E-state index >= 15 is 0 Å². The molecule has 2 aliphatic rings. The number of benzene rings is 6. The molecule has 0 aromatic heterocycles. The Hall–Kier alpha value is -4.18. The summed E-state index contributed by atoms with van der Waals surface area (Å²) < 4.78 is 72.4. The molecule has 364 valence electrons. The van der Waals surface area contributed by atoms with E-state index < -0.39 is 20.2 Å². The van der Waals surface area contributed by atoms with Gasteiger partial charge in [-0.05, 0) is 81.3 Å². The molecule has 2 fully saturated rings. The molecule has 0 unspecified atom stereocenters. The first-order chi connectivity index (χ1) is 31.4. The molecule has 2 atom stereocenters. The van der Waals surface area contributed by atoms with Crippen LogP contribution in [0.1, 0.15) is 125 Å². The van der Waals surface area contributed by atoms with Crippen LogP contribution in [-0.2, 0) is 65.0 Å². The van der Waals surface area contributed by atoms with Crippen LogP contribution in [0.25, 0.3) is 0 Å². The molecule has 10 nitrogen and oxygen atoms in total. The summed E-state index contributed by atoms with van der Waals surface area (Å²) in [6, 6.07) is 44.9. The second-order valence-electron chi connectivity index (χ2n) is 18.0. The molecule has 0 aliphatic carbocycles. The van der Waals surface area contributed by atoms with Crippen LogP contribution in [0.2, 0.25) is 0 Å². The Morgan fingerprint density at radius 1 is 0.426 bits per heavy atom. The monoisotopic (exact) mass is 1140 g/mol. The van der Waals surface area contributed by atoms with E-state index in [1.807, 2.05) is 60.7 Å². The van der Waals surface area contributed by atoms with Gasteiger partial charge in [0.25, 0.3) is 0 Å². The molecular formula is C54H58Ag2N4O6S2. The van der Waals surface area contributed by atoms with Crippen molar-refractivity contribution in [3.05, 3.63) is 192 Å². The van der Waals surface area contributed by atoms with Crippen molar-refractivity contribution in [1.82, 2.24) is 0 Å². The summed E-state index contributed by atoms with van der Waals surface area (Å²) in [6.45, 7) is 25.4. The van der Waals surface area contributed by atoms with Crippen LogP contribution in [0, 0.1) is 13.3 Å². The normalized spacial score (nSPS) is 16.3. The summed E-state index contributed by atoms with van der Waals surface area (Å²) >= 11 is 0. The molecular weight excluding hydrogens is 1080 g/mol. The van der Waals surface area contributed by atoms with Gasteiger partial charge in [-0.2, -0.15) is 0 Å². The van der Waals surface area contributed by atoms with Gasteiger partial charge in [0.2, 0.25) is 13.3 Å². The molecule has 0 saturated carbocycles. The molecule has 8 rings (SSSR count). The van der Waals surface area contributed by atoms with Crippen molar-refractivity contribution in [3.63, 3.8) is 0 Å². The molecule has 14 heteroatoms. The first-order valence-electron chi connectivity index (χ1n) is 22.5. The van der Waals surface area contributed by atoms with Crippen molar-refractivity contribution >= 4 is 43.0 Å². The van der Waals surface area contributed by atoms with Gasteiger partial charge in [0.05, 0.1) is 33.2 Å². The maximum Gasteiger partial charge on any atom is 1.00 e. The van der Waals surface area contributed by atoms with Crippen molar-refractivity contribution in [3.8, 4) is 0 Å². The van der Waals surface area contributed by atoms with Crippen molar-refractivity contribution < 1.29 is 70.7 Å². The fourth-order valence-corrected chi connectivity index (χ4v) is 10.3. The fourth-order valence-electron chi connectivity index (χ4n) is 8.96. The Kier molecular flexibility index (Phi) is 18.6. The molecule has 0 spiro atoms. The van der Waals surface area contributed by atoms with E-state index in [0.29, 0.717) is 48.1 Å². The summed E-state index contributed by atoms with van der Waals surface area (Å²) in [5, 5.41) is 0. The maximum absolute atomic E-state index is 12.1. The average molecular weight is 1140 g/mol. The van der Waals surface area contributed by atoms with Gasteiger partial charge in [-0.15, -0.1) is 0 Å². The van der Waals surface area contributed by atoms with Gasteiger partial charge in [-0.3, -0.25) is 0 Å². The fraction of sp³-hybridized carbons (Fsp3) is 0.296. The van der Waals surface area contributed by atoms with Gasteiger partial charge in [0.15, 0.2) is 0 Å². The zero-order valence-corrected chi connectivity index (χ0v) is 44.0. The minimum absolute atomic E-state index is 0. The Bertz CT molecular complexity index is 2600. The second kappa shape index (κ2) is 23.2. The third kappa shape index (κ3) is 12.0. The van der Waals surface area contributed by atoms with E-state index in [0.717, 1.165) is 22.5 Å². The molecule has 0 amide bonds. The summed E-state index contributed by atoms with van der Waals surface area (Å²) in [4.78, 5) is 7.33. The number of anilines is 4. The third-order valence-corrected chi connectivity index (χ3v) is 13.9. The van der Waals surface area contributed by atoms with Gasteiger partial charge >= 0.3 is 44.8 Å². The maximum atomic E-state index is 12.1. The topological polar surface area (TPSA) is 127 Å². The van der Waals surface area contributed by atoms with E-state index in [-0.39, 0.29) is 66.6 Å². The smallest absolute Gasteiger partial charge is 0.744 e. The molecule has 6 aromatic carbocycles. The Balaban J connectivity index is 0.000000247. The number of nitrogens with zero attached hydrogens (tertiary/aromatic N) is 4. The molecule has 4 radical (unpaired) electrons. The summed E-state index contributed by atoms with van der Waals surface area (Å²) in [5.74, 6) is 1.22. The van der Waals surface area contributed by atoms with Crippen LogP contribution < -0.4 is 19.6 Å². The van der Waals surface area contributed by atoms with Crippen molar-refractivity contribution in [2.45, 2.75) is 101 Å². The van der Waals surface area contributed by atoms with Crippen LogP contribution in [0.5, 0.6) is 0 Å². The van der Waals surface area contributed by atoms with Crippen LogP contribution in [0.3, 0.4) is 0 Å². The van der Waals surface area contributed by atoms with E-state index in [2.05, 4.69) is 115 Å². The largest absolute Gasteiger partial charge is 1.00 e. The van der Waals surface area contributed by atoms with Crippen LogP contribution in [0.4, 0.5) is 22.7 Å². The summed E-state index contributed by atoms with van der Waals surface area (Å²) in [7, 11) is -9.30. The summed E-state index contributed by atoms with van der Waals surface area (Å²) in [5.41, 5.74) is 9.81. The van der Waals surface area contributed by atoms with E-state index in [1.54, 1.807) is 46.2 Å². The predicted molar refractivity (Wildman–Crippen MR) is 263 cm³/mol. The molecule has 0 N–H and O–H groups in total. The van der Waals surface area contributed by atoms with Crippen molar-refractivity contribution in [2.24, 2.45) is 0 Å². The standard InChI is InChI=1S/2C27H30N2O3S.2Ag/c2*1-19(2)22-13-10-14-23(20(3)4)27(22)28-17-25(21-11-6-5-7-12-21)29(18-28)24-15-8-9-16-26(24)33(30,31)32;;/h2*5-16,19-20,25H,17H2,1-4H3,(H,30,31,32);;/q;;2*+1/p-2/t2*25-;;/m11../s1. The minimum atomic E-state index is -4.65. The van der Waals surface area contributed by atoms with Gasteiger partial charge in [-0.25, -0.2) is 16.8 Å². The molecule has 68 heavy (non-hydrogen) atoms. The van der Waals surface area contributed by atoms with Gasteiger partial charge in [0.1, 0.15) is 20.2 Å². The first-order valence-corrected chi connectivity index (χ1v) is 25.3. The molecule has 2 saturated heterocycles. The molecule has 0 bridgehead atoms. The SMILES string of the molecule is CC(C)c1cccc(C(C)C)c1N1[C]N(c2ccccc2S(=O)(=O)[O-])[C@@H](c2ccccc2)C1.CC(C)c1cccc(C(C)C)c1N1[C]N(c2ccccc2S(=O)(=O)[O-])[C@@H](c2ccccc2)C1.[Ag+].[Ag+]. The van der Waals surface area contributed by atoms with Gasteiger partial charge in [0, 0.05) is 24.5 Å². The van der Waals surface area contributed by atoms with Crippen molar-refractivity contribution in [1.29, 1.82) is 0 Å². The van der Waals surface area contributed by atoms with Crippen LogP contribution in [0.15, 0.2) is 155 Å². The Morgan fingerprint density at radius 3 is 0.985 bits per heavy atom. The average Bonchev–Trinajstić information content (AvgIpc) is 3.95. The van der Waals surface area contributed by atoms with E-state index in [4.69, 9.17) is 0 Å². The Morgan fingerprint density at radius 2 is 0.706 bits per heavy atom. The summed E-state index contributed by atoms with van der Waals surface area (Å²) in [6.07, 6.45) is 0. The molecule has 2 heterocycles. The number of hydrogen-bond donors (Lipinski definition) is 0. The second-order valence-corrected chi connectivity index (χ2v) is 20.7. The molecule has 6 aromatic rings. The predicted octanol–water partition coefficient (Wildman–Crippen LogP) is 11.8. The minimum Gasteiger partial charge on any atom is -0.744 e. The first kappa shape index (κ1) is 54.8.